The van der Waals surface area contributed by atoms with Crippen LogP contribution in [0.2, 0.25) is 0 Å². The van der Waals surface area contributed by atoms with E-state index in [-0.39, 0.29) is 29.7 Å². The second kappa shape index (κ2) is 3.90. The number of allylic oxidation sites excluding steroid dienone is 1. The zero-order valence-corrected chi connectivity index (χ0v) is 12.1. The van der Waals surface area contributed by atoms with Crippen molar-refractivity contribution in [3.63, 3.8) is 0 Å². The minimum Gasteiger partial charge on any atom is -0.420 e. The average Bonchev–Trinajstić information content (AvgIpc) is 3.11. The molecule has 2 saturated carbocycles. The molecule has 0 aromatic carbocycles. The molecule has 0 bridgehead atoms. The first kappa shape index (κ1) is 12.2. The third-order valence-electron chi connectivity index (χ3n) is 6.50. The van der Waals surface area contributed by atoms with Crippen LogP contribution in [-0.2, 0) is 19.1 Å². The summed E-state index contributed by atoms with van der Waals surface area (Å²) in [5, 5.41) is 0. The van der Waals surface area contributed by atoms with E-state index in [1.165, 1.54) is 5.57 Å². The molecule has 4 aliphatic carbocycles. The van der Waals surface area contributed by atoms with Gasteiger partial charge in [-0.05, 0) is 50.0 Å². The van der Waals surface area contributed by atoms with E-state index >= 15 is 0 Å². The van der Waals surface area contributed by atoms with E-state index in [4.69, 9.17) is 9.47 Å². The lowest BCUT2D eigenvalue weighted by Crippen LogP contribution is -2.65. The van der Waals surface area contributed by atoms with Gasteiger partial charge in [0.05, 0.1) is 11.8 Å². The highest BCUT2D eigenvalue weighted by Gasteiger charge is 2.71. The molecule has 112 valence electrons. The van der Waals surface area contributed by atoms with Crippen LogP contribution in [0.5, 0.6) is 0 Å². The molecule has 5 rings (SSSR count). The van der Waals surface area contributed by atoms with E-state index in [2.05, 4.69) is 0 Å². The van der Waals surface area contributed by atoms with Crippen molar-refractivity contribution in [3.05, 3.63) is 11.1 Å². The fourth-order valence-electron chi connectivity index (χ4n) is 5.60. The molecule has 4 heteroatoms. The number of hydrogen-bond donors (Lipinski definition) is 0. The summed E-state index contributed by atoms with van der Waals surface area (Å²) in [6.45, 7) is 0. The average molecular weight is 288 g/mol. The van der Waals surface area contributed by atoms with Crippen molar-refractivity contribution < 1.29 is 19.1 Å². The maximum absolute atomic E-state index is 12.5. The Balaban J connectivity index is 1.44. The highest BCUT2D eigenvalue weighted by molar-refractivity contribution is 5.97. The molecule has 0 aromatic rings. The van der Waals surface area contributed by atoms with E-state index < -0.39 is 11.7 Å². The Bertz CT molecular complexity index is 529. The summed E-state index contributed by atoms with van der Waals surface area (Å²) >= 11 is 0. The van der Waals surface area contributed by atoms with Crippen molar-refractivity contribution in [2.45, 2.75) is 57.2 Å². The van der Waals surface area contributed by atoms with Crippen LogP contribution in [0.4, 0.5) is 0 Å². The van der Waals surface area contributed by atoms with Gasteiger partial charge in [0.25, 0.3) is 5.79 Å². The van der Waals surface area contributed by atoms with Crippen molar-refractivity contribution in [3.8, 4) is 0 Å². The van der Waals surface area contributed by atoms with Crippen LogP contribution in [-0.4, -0.2) is 17.7 Å². The van der Waals surface area contributed by atoms with Gasteiger partial charge in [0, 0.05) is 0 Å². The van der Waals surface area contributed by atoms with Gasteiger partial charge in [0.2, 0.25) is 0 Å². The summed E-state index contributed by atoms with van der Waals surface area (Å²) in [6, 6.07) is 0. The number of fused-ring (bicyclic) bond motifs is 2. The van der Waals surface area contributed by atoms with Gasteiger partial charge in [-0.2, -0.15) is 0 Å². The lowest BCUT2D eigenvalue weighted by atomic mass is 9.64. The molecule has 0 radical (unpaired) electrons. The second-order valence-electron chi connectivity index (χ2n) is 7.33. The first-order chi connectivity index (χ1) is 10.2. The Labute approximate surface area is 123 Å². The number of ether oxygens (including phenoxy) is 2. The molecule has 1 aliphatic heterocycles. The van der Waals surface area contributed by atoms with Crippen LogP contribution in [0.1, 0.15) is 51.4 Å². The smallest absolute Gasteiger partial charge is 0.323 e. The van der Waals surface area contributed by atoms with Gasteiger partial charge in [0.15, 0.2) is 5.92 Å². The Morgan fingerprint density at radius 3 is 2.00 bits per heavy atom. The van der Waals surface area contributed by atoms with Crippen LogP contribution >= 0.6 is 0 Å². The van der Waals surface area contributed by atoms with Gasteiger partial charge in [-0.25, -0.2) is 0 Å². The molecule has 0 amide bonds. The maximum Gasteiger partial charge on any atom is 0.323 e. The van der Waals surface area contributed by atoms with E-state index in [1.807, 2.05) is 0 Å². The van der Waals surface area contributed by atoms with E-state index in [0.29, 0.717) is 0 Å². The lowest BCUT2D eigenvalue weighted by Gasteiger charge is -2.55. The molecule has 0 N–H and O–H groups in total. The SMILES string of the molecule is O=C1OC2(OC(=O)C1C1CCCC1)C1CCC3=C1C2CC3. The zero-order valence-electron chi connectivity index (χ0n) is 12.1. The molecule has 1 spiro atoms. The summed E-state index contributed by atoms with van der Waals surface area (Å²) in [5.41, 5.74) is 3.00. The van der Waals surface area contributed by atoms with Crippen LogP contribution < -0.4 is 0 Å². The standard InChI is InChI=1S/C17H20O4/c18-15-14(9-3-1-2-4-9)16(19)21-17(20-15)11-7-5-10-6-8-12(17)13(10)11/h9,11-12,14H,1-8H2. The summed E-state index contributed by atoms with van der Waals surface area (Å²) in [4.78, 5) is 25.0. The van der Waals surface area contributed by atoms with Crippen molar-refractivity contribution >= 4 is 11.9 Å². The largest absolute Gasteiger partial charge is 0.420 e. The predicted molar refractivity (Wildman–Crippen MR) is 72.8 cm³/mol. The molecule has 3 fully saturated rings. The first-order valence-electron chi connectivity index (χ1n) is 8.38. The quantitative estimate of drug-likeness (QED) is 0.423. The van der Waals surface area contributed by atoms with Crippen LogP contribution in [0, 0.1) is 23.7 Å². The van der Waals surface area contributed by atoms with E-state index in [9.17, 15) is 9.59 Å². The molecule has 1 saturated heterocycles. The van der Waals surface area contributed by atoms with Gasteiger partial charge in [-0.15, -0.1) is 0 Å². The molecule has 2 atom stereocenters. The van der Waals surface area contributed by atoms with Crippen molar-refractivity contribution in [2.24, 2.45) is 23.7 Å². The van der Waals surface area contributed by atoms with Gasteiger partial charge in [0.1, 0.15) is 0 Å². The third-order valence-corrected chi connectivity index (χ3v) is 6.50. The van der Waals surface area contributed by atoms with Gasteiger partial charge < -0.3 is 9.47 Å². The minimum absolute atomic E-state index is 0.139. The number of carbonyl (C=O) groups excluding carboxylic acids is 2. The molecule has 0 aromatic heterocycles. The Hall–Kier alpha value is -1.32. The summed E-state index contributed by atoms with van der Waals surface area (Å²) < 4.78 is 11.7. The molecule has 1 heterocycles. The summed E-state index contributed by atoms with van der Waals surface area (Å²) in [7, 11) is 0. The molecule has 5 aliphatic rings. The van der Waals surface area contributed by atoms with Crippen LogP contribution in [0.15, 0.2) is 11.1 Å². The number of esters is 2. The normalized spacial score (nSPS) is 44.9. The van der Waals surface area contributed by atoms with Crippen LogP contribution in [0.3, 0.4) is 0 Å². The molecular weight excluding hydrogens is 268 g/mol. The highest BCUT2D eigenvalue weighted by atomic mass is 16.8. The topological polar surface area (TPSA) is 52.6 Å². The Morgan fingerprint density at radius 2 is 1.43 bits per heavy atom. The Morgan fingerprint density at radius 1 is 0.857 bits per heavy atom. The van der Waals surface area contributed by atoms with Crippen LogP contribution in [0.25, 0.3) is 0 Å². The van der Waals surface area contributed by atoms with Gasteiger partial charge in [-0.3, -0.25) is 9.59 Å². The predicted octanol–water partition coefficient (Wildman–Crippen LogP) is 2.72. The molecule has 2 unspecified atom stereocenters. The zero-order chi connectivity index (χ0) is 14.2. The maximum atomic E-state index is 12.5. The van der Waals surface area contributed by atoms with Gasteiger partial charge in [-0.1, -0.05) is 18.4 Å². The summed E-state index contributed by atoms with van der Waals surface area (Å²) in [6.07, 6.45) is 8.27. The van der Waals surface area contributed by atoms with Gasteiger partial charge >= 0.3 is 11.9 Å². The number of hydrogen-bond acceptors (Lipinski definition) is 4. The highest BCUT2D eigenvalue weighted by Crippen LogP contribution is 2.66. The fourth-order valence-corrected chi connectivity index (χ4v) is 5.60. The fraction of sp³-hybridized carbons (Fsp3) is 0.765. The molecular formula is C17H20O4. The summed E-state index contributed by atoms with van der Waals surface area (Å²) in [5.74, 6) is -1.73. The number of carbonyl (C=O) groups is 2. The minimum atomic E-state index is -0.920. The molecule has 21 heavy (non-hydrogen) atoms. The third kappa shape index (κ3) is 1.37. The van der Waals surface area contributed by atoms with Crippen molar-refractivity contribution in [1.29, 1.82) is 0 Å². The van der Waals surface area contributed by atoms with Crippen molar-refractivity contribution in [1.82, 2.24) is 0 Å². The van der Waals surface area contributed by atoms with Crippen molar-refractivity contribution in [2.75, 3.05) is 0 Å². The monoisotopic (exact) mass is 288 g/mol. The van der Waals surface area contributed by atoms with E-state index in [1.54, 1.807) is 5.57 Å². The van der Waals surface area contributed by atoms with E-state index in [0.717, 1.165) is 51.4 Å². The Kier molecular flexibility index (Phi) is 2.28. The lowest BCUT2D eigenvalue weighted by molar-refractivity contribution is -0.306. The molecule has 4 nitrogen and oxygen atoms in total. The first-order valence-corrected chi connectivity index (χ1v) is 8.38. The number of rotatable bonds is 1. The second-order valence-corrected chi connectivity index (χ2v) is 7.33.